The summed E-state index contributed by atoms with van der Waals surface area (Å²) in [5.74, 6) is -10.9. The Hall–Kier alpha value is -5.11. The molecule has 5 aromatic rings. The van der Waals surface area contributed by atoms with Crippen molar-refractivity contribution < 1.29 is 51.3 Å². The van der Waals surface area contributed by atoms with E-state index in [2.05, 4.69) is 10.6 Å². The van der Waals surface area contributed by atoms with E-state index in [-0.39, 0.29) is 31.6 Å². The summed E-state index contributed by atoms with van der Waals surface area (Å²) in [4.78, 5) is 36.3. The minimum absolute atomic E-state index is 0.0494. The molecule has 0 heterocycles. The Kier molecular flexibility index (Phi) is 15.0. The first-order valence-electron chi connectivity index (χ1n) is 17.9. The third-order valence-electron chi connectivity index (χ3n) is 9.65. The number of hydrogen-bond acceptors (Lipinski definition) is 7. The molecule has 0 spiro atoms. The molecule has 9 nitrogen and oxygen atoms in total. The van der Waals surface area contributed by atoms with Crippen LogP contribution in [-0.4, -0.2) is 66.7 Å². The van der Waals surface area contributed by atoms with Crippen molar-refractivity contribution in [2.75, 3.05) is 31.6 Å². The maximum Gasteiger partial charge on any atom is 0.407 e. The highest BCUT2D eigenvalue weighted by molar-refractivity contribution is 6.40. The van der Waals surface area contributed by atoms with Crippen LogP contribution in [0.15, 0.2) is 115 Å². The summed E-state index contributed by atoms with van der Waals surface area (Å²) in [5, 5.41) is 16.7. The lowest BCUT2D eigenvalue weighted by molar-refractivity contribution is 0.0364. The van der Waals surface area contributed by atoms with E-state index in [9.17, 15) is 31.9 Å². The molecule has 0 aromatic heterocycles. The molecule has 2 saturated carbocycles. The fraction of sp³-hybridized carbons (Fsp3) is 0.310. The minimum atomic E-state index is -3.03. The van der Waals surface area contributed by atoms with Crippen molar-refractivity contribution >= 4 is 62.9 Å². The number of aliphatic hydroxyl groups is 1. The molecule has 3 N–H and O–H groups in total. The number of alkyl halides is 6. The number of alkyl carbamates (subject to hydrolysis) is 2. The smallest absolute Gasteiger partial charge is 0.407 e. The number of esters is 1. The van der Waals surface area contributed by atoms with Gasteiger partial charge in [-0.05, 0) is 38.7 Å². The van der Waals surface area contributed by atoms with E-state index < -0.39 is 66.9 Å². The highest BCUT2D eigenvalue weighted by atomic mass is 35.5. The normalized spacial score (nSPS) is 19.4. The molecule has 2 fully saturated rings. The van der Waals surface area contributed by atoms with Gasteiger partial charge in [-0.25, -0.2) is 31.9 Å². The number of carbonyl (C=O) groups excluding carboxylic acids is 3. The van der Waals surface area contributed by atoms with Crippen molar-refractivity contribution in [3.8, 4) is 0 Å². The second kappa shape index (κ2) is 19.8. The maximum absolute atomic E-state index is 14.3. The molecule has 4 atom stereocenters. The van der Waals surface area contributed by atoms with Crippen LogP contribution < -0.4 is 10.6 Å². The standard InChI is InChI=1S/C28H23F2NO4.C13H15F2NO3.CH2Cl2/c29-28(30)23(15-31-27(33)35-16-18-8-2-1-3-9-18)24(28)17-34-26(32)25-21-12-6-4-10-19(21)14-20-11-5-7-13-22(20)25;14-13(15)10(11(13)7-17)6-16-12(18)19-8-9-4-2-1-3-5-9;2-1-3/h1-14,23-24H,15-17H2,(H,31,33);1-5,10-11,17H,6-8H2,(H,16,18);1H2/t23-,24-;10-,11-;/m00./s1. The Morgan fingerprint density at radius 3 is 1.44 bits per heavy atom. The van der Waals surface area contributed by atoms with Crippen LogP contribution in [0.2, 0.25) is 0 Å². The molecular weight excluding hydrogens is 791 g/mol. The number of rotatable bonds is 12. The molecule has 0 saturated heterocycles. The Morgan fingerprint density at radius 2 is 1.00 bits per heavy atom. The molecule has 0 radical (unpaired) electrons. The maximum atomic E-state index is 14.3. The van der Waals surface area contributed by atoms with E-state index >= 15 is 0 Å². The number of carbonyl (C=O) groups is 3. The predicted molar refractivity (Wildman–Crippen MR) is 209 cm³/mol. The zero-order valence-electron chi connectivity index (χ0n) is 30.4. The van der Waals surface area contributed by atoms with Crippen LogP contribution in [0.5, 0.6) is 0 Å². The third kappa shape index (κ3) is 11.3. The van der Waals surface area contributed by atoms with Gasteiger partial charge in [0, 0.05) is 13.1 Å². The molecule has 0 aliphatic heterocycles. The van der Waals surface area contributed by atoms with Crippen LogP contribution in [0.1, 0.15) is 21.5 Å². The Bertz CT molecular complexity index is 2060. The minimum Gasteiger partial charge on any atom is -0.462 e. The van der Waals surface area contributed by atoms with Crippen LogP contribution in [0.3, 0.4) is 0 Å². The first-order chi connectivity index (χ1) is 27.4. The summed E-state index contributed by atoms with van der Waals surface area (Å²) in [5.41, 5.74) is 1.98. The van der Waals surface area contributed by atoms with Gasteiger partial charge in [0.05, 0.1) is 41.2 Å². The Morgan fingerprint density at radius 1 is 0.596 bits per heavy atom. The fourth-order valence-electron chi connectivity index (χ4n) is 6.36. The predicted octanol–water partition coefficient (Wildman–Crippen LogP) is 9.17. The summed E-state index contributed by atoms with van der Waals surface area (Å²) in [6, 6.07) is 34.9. The first-order valence-corrected chi connectivity index (χ1v) is 18.9. The monoisotopic (exact) mass is 830 g/mol. The van der Waals surface area contributed by atoms with Crippen LogP contribution in [0, 0.1) is 23.7 Å². The van der Waals surface area contributed by atoms with E-state index in [0.29, 0.717) is 16.3 Å². The lowest BCUT2D eigenvalue weighted by atomic mass is 9.97. The largest absolute Gasteiger partial charge is 0.462 e. The van der Waals surface area contributed by atoms with Gasteiger partial charge in [-0.3, -0.25) is 0 Å². The molecule has 2 aliphatic rings. The van der Waals surface area contributed by atoms with Crippen molar-refractivity contribution in [1.29, 1.82) is 0 Å². The van der Waals surface area contributed by atoms with Gasteiger partial charge in [-0.2, -0.15) is 0 Å². The molecule has 5 aromatic carbocycles. The van der Waals surface area contributed by atoms with Crippen LogP contribution in [-0.2, 0) is 27.4 Å². The number of benzene rings is 5. The van der Waals surface area contributed by atoms with Gasteiger partial charge in [0.1, 0.15) is 19.8 Å². The first kappa shape index (κ1) is 43.0. The van der Waals surface area contributed by atoms with Crippen molar-refractivity contribution in [1.82, 2.24) is 10.6 Å². The molecular formula is C42H40Cl2F4N2O7. The molecule has 15 heteroatoms. The van der Waals surface area contributed by atoms with Crippen LogP contribution in [0.25, 0.3) is 21.5 Å². The van der Waals surface area contributed by atoms with Gasteiger partial charge in [-0.1, -0.05) is 109 Å². The second-order valence-corrected chi connectivity index (χ2v) is 14.0. The highest BCUT2D eigenvalue weighted by Crippen LogP contribution is 2.55. The van der Waals surface area contributed by atoms with Gasteiger partial charge in [0.15, 0.2) is 0 Å². The molecule has 0 unspecified atom stereocenters. The van der Waals surface area contributed by atoms with Gasteiger partial charge in [0.25, 0.3) is 11.8 Å². The number of nitrogens with one attached hydrogen (secondary N) is 2. The highest BCUT2D eigenvalue weighted by Gasteiger charge is 2.68. The average Bonchev–Trinajstić information content (AvgIpc) is 3.98. The number of aliphatic hydroxyl groups excluding tert-OH is 1. The average molecular weight is 832 g/mol. The lowest BCUT2D eigenvalue weighted by Gasteiger charge is -2.11. The van der Waals surface area contributed by atoms with Crippen molar-refractivity contribution in [2.45, 2.75) is 25.1 Å². The Labute approximate surface area is 336 Å². The second-order valence-electron chi connectivity index (χ2n) is 13.2. The van der Waals surface area contributed by atoms with E-state index in [4.69, 9.17) is 42.5 Å². The van der Waals surface area contributed by atoms with Gasteiger partial charge in [-0.15, -0.1) is 23.2 Å². The van der Waals surface area contributed by atoms with Gasteiger partial charge < -0.3 is 30.0 Å². The number of halogens is 6. The van der Waals surface area contributed by atoms with Crippen LogP contribution in [0.4, 0.5) is 27.2 Å². The Balaban J connectivity index is 0.000000238. The van der Waals surface area contributed by atoms with E-state index in [1.165, 1.54) is 0 Å². The lowest BCUT2D eigenvalue weighted by Crippen LogP contribution is -2.27. The zero-order chi connectivity index (χ0) is 41.0. The summed E-state index contributed by atoms with van der Waals surface area (Å²) >= 11 is 9.53. The van der Waals surface area contributed by atoms with Gasteiger partial charge >= 0.3 is 18.2 Å². The molecule has 2 amide bonds. The topological polar surface area (TPSA) is 123 Å². The van der Waals surface area contributed by atoms with E-state index in [0.717, 1.165) is 21.9 Å². The molecule has 2 aliphatic carbocycles. The van der Waals surface area contributed by atoms with E-state index in [1.807, 2.05) is 91.0 Å². The summed E-state index contributed by atoms with van der Waals surface area (Å²) in [7, 11) is 0. The third-order valence-corrected chi connectivity index (χ3v) is 9.65. The number of fused-ring (bicyclic) bond motifs is 2. The molecule has 302 valence electrons. The van der Waals surface area contributed by atoms with Crippen LogP contribution >= 0.6 is 23.2 Å². The fourth-order valence-corrected chi connectivity index (χ4v) is 6.36. The summed E-state index contributed by atoms with van der Waals surface area (Å²) in [6.45, 7) is -1.32. The van der Waals surface area contributed by atoms with E-state index in [1.54, 1.807) is 24.3 Å². The van der Waals surface area contributed by atoms with Gasteiger partial charge in [0.2, 0.25) is 0 Å². The zero-order valence-corrected chi connectivity index (χ0v) is 31.9. The van der Waals surface area contributed by atoms with Crippen molar-refractivity contribution in [2.24, 2.45) is 23.7 Å². The van der Waals surface area contributed by atoms with Crippen molar-refractivity contribution in [3.05, 3.63) is 132 Å². The number of hydrogen-bond donors (Lipinski definition) is 3. The van der Waals surface area contributed by atoms with Crippen molar-refractivity contribution in [3.63, 3.8) is 0 Å². The summed E-state index contributed by atoms with van der Waals surface area (Å²) < 4.78 is 70.0. The molecule has 7 rings (SSSR count). The SMILES string of the molecule is ClCCl.O=C(NC[C@H]1[C@H](CO)C1(F)F)OCc1ccccc1.O=C(NC[C@H]1[C@H](COC(=O)c2c3ccccc3cc3ccccc23)C1(F)F)OCc1ccccc1. The quantitative estimate of drug-likeness (QED) is 0.0377. The molecule has 57 heavy (non-hydrogen) atoms. The number of amides is 2. The molecule has 0 bridgehead atoms. The summed E-state index contributed by atoms with van der Waals surface area (Å²) in [6.07, 6.45) is -1.50. The number of ether oxygens (including phenoxy) is 3.